The van der Waals surface area contributed by atoms with Crippen LogP contribution in [-0.4, -0.2) is 27.3 Å². The highest BCUT2D eigenvalue weighted by molar-refractivity contribution is 5.98. The van der Waals surface area contributed by atoms with E-state index in [4.69, 9.17) is 5.73 Å². The van der Waals surface area contributed by atoms with Crippen LogP contribution in [0.1, 0.15) is 28.7 Å². The summed E-state index contributed by atoms with van der Waals surface area (Å²) in [6.45, 7) is 4.91. The van der Waals surface area contributed by atoms with Crippen LogP contribution in [0.25, 0.3) is 0 Å². The van der Waals surface area contributed by atoms with Gasteiger partial charge < -0.3 is 10.6 Å². The number of anilines is 1. The molecule has 0 saturated carbocycles. The van der Waals surface area contributed by atoms with Crippen LogP contribution in [0.3, 0.4) is 0 Å². The Bertz CT molecular complexity index is 612. The Morgan fingerprint density at radius 1 is 1.35 bits per heavy atom. The minimum Gasteiger partial charge on any atom is -0.398 e. The first-order valence-electron chi connectivity index (χ1n) is 6.53. The number of nitrogens with zero attached hydrogens (tertiary/aromatic N) is 3. The van der Waals surface area contributed by atoms with Gasteiger partial charge in [-0.15, -0.1) is 0 Å². The van der Waals surface area contributed by atoms with Crippen LogP contribution in [0.2, 0.25) is 0 Å². The number of carbonyl (C=O) groups excluding carboxylic acids is 1. The number of nitrogens with two attached hydrogens (primary N) is 1. The van der Waals surface area contributed by atoms with E-state index in [-0.39, 0.29) is 5.91 Å². The third kappa shape index (κ3) is 3.12. The van der Waals surface area contributed by atoms with Crippen LogP contribution in [0.5, 0.6) is 0 Å². The van der Waals surface area contributed by atoms with Crippen LogP contribution in [0.4, 0.5) is 5.69 Å². The van der Waals surface area contributed by atoms with E-state index in [1.165, 1.54) is 6.20 Å². The zero-order chi connectivity index (χ0) is 14.5. The fraction of sp³-hybridized carbons (Fsp3) is 0.267. The summed E-state index contributed by atoms with van der Waals surface area (Å²) >= 11 is 0. The Balaban J connectivity index is 2.20. The third-order valence-electron chi connectivity index (χ3n) is 3.05. The first kappa shape index (κ1) is 14.0. The molecule has 2 aromatic rings. The van der Waals surface area contributed by atoms with Crippen molar-refractivity contribution in [2.45, 2.75) is 20.4 Å². The Morgan fingerprint density at radius 3 is 2.80 bits per heavy atom. The number of aryl methyl sites for hydroxylation is 1. The van der Waals surface area contributed by atoms with Crippen molar-refractivity contribution in [3.8, 4) is 0 Å². The smallest absolute Gasteiger partial charge is 0.257 e. The van der Waals surface area contributed by atoms with Crippen molar-refractivity contribution in [3.05, 3.63) is 53.6 Å². The number of hydrogen-bond acceptors (Lipinski definition) is 4. The largest absolute Gasteiger partial charge is 0.398 e. The van der Waals surface area contributed by atoms with Crippen LogP contribution in [-0.2, 0) is 6.54 Å². The second kappa shape index (κ2) is 6.14. The van der Waals surface area contributed by atoms with Gasteiger partial charge in [0.25, 0.3) is 5.91 Å². The van der Waals surface area contributed by atoms with Gasteiger partial charge in [-0.25, -0.2) is 0 Å². The zero-order valence-corrected chi connectivity index (χ0v) is 11.7. The third-order valence-corrected chi connectivity index (χ3v) is 3.05. The molecule has 0 aromatic carbocycles. The number of amides is 1. The average Bonchev–Trinajstić information content (AvgIpc) is 2.44. The highest BCUT2D eigenvalue weighted by Crippen LogP contribution is 2.14. The van der Waals surface area contributed by atoms with E-state index in [0.29, 0.717) is 24.3 Å². The topological polar surface area (TPSA) is 72.1 Å². The summed E-state index contributed by atoms with van der Waals surface area (Å²) in [5, 5.41) is 0. The minimum absolute atomic E-state index is 0.124. The number of hydrogen-bond donors (Lipinski definition) is 1. The first-order valence-corrected chi connectivity index (χ1v) is 6.53. The summed E-state index contributed by atoms with van der Waals surface area (Å²) < 4.78 is 0. The highest BCUT2D eigenvalue weighted by atomic mass is 16.2. The van der Waals surface area contributed by atoms with Crippen molar-refractivity contribution in [1.29, 1.82) is 0 Å². The summed E-state index contributed by atoms with van der Waals surface area (Å²) in [5.74, 6) is -0.124. The van der Waals surface area contributed by atoms with E-state index in [1.807, 2.05) is 32.0 Å². The molecule has 2 heterocycles. The second-order valence-corrected chi connectivity index (χ2v) is 4.55. The molecule has 0 aliphatic rings. The maximum Gasteiger partial charge on any atom is 0.257 e. The van der Waals surface area contributed by atoms with Crippen LogP contribution in [0.15, 0.2) is 36.7 Å². The fourth-order valence-corrected chi connectivity index (χ4v) is 1.96. The molecule has 104 valence electrons. The molecule has 0 aliphatic carbocycles. The molecule has 0 spiro atoms. The second-order valence-electron chi connectivity index (χ2n) is 4.55. The van der Waals surface area contributed by atoms with Crippen LogP contribution in [0, 0.1) is 6.92 Å². The summed E-state index contributed by atoms with van der Waals surface area (Å²) in [6, 6.07) is 7.41. The molecular weight excluding hydrogens is 252 g/mol. The van der Waals surface area contributed by atoms with Crippen molar-refractivity contribution >= 4 is 11.6 Å². The maximum absolute atomic E-state index is 12.5. The van der Waals surface area contributed by atoms with Gasteiger partial charge in [-0.3, -0.25) is 14.8 Å². The van der Waals surface area contributed by atoms with Gasteiger partial charge in [0.05, 0.1) is 17.8 Å². The molecule has 0 saturated heterocycles. The Kier molecular flexibility index (Phi) is 4.30. The quantitative estimate of drug-likeness (QED) is 0.922. The van der Waals surface area contributed by atoms with Crippen LogP contribution < -0.4 is 5.73 Å². The fourth-order valence-electron chi connectivity index (χ4n) is 1.96. The lowest BCUT2D eigenvalue weighted by atomic mass is 10.2. The molecule has 0 unspecified atom stereocenters. The average molecular weight is 270 g/mol. The number of carbonyl (C=O) groups is 1. The molecule has 2 rings (SSSR count). The summed E-state index contributed by atoms with van der Waals surface area (Å²) in [4.78, 5) is 22.5. The van der Waals surface area contributed by atoms with E-state index in [2.05, 4.69) is 9.97 Å². The van der Waals surface area contributed by atoms with E-state index in [0.717, 1.165) is 11.4 Å². The maximum atomic E-state index is 12.5. The number of aromatic nitrogens is 2. The molecule has 0 aliphatic heterocycles. The predicted molar refractivity (Wildman–Crippen MR) is 78.0 cm³/mol. The van der Waals surface area contributed by atoms with Gasteiger partial charge in [0.1, 0.15) is 0 Å². The molecule has 0 bridgehead atoms. The molecule has 0 atom stereocenters. The van der Waals surface area contributed by atoms with Gasteiger partial charge in [0, 0.05) is 30.3 Å². The van der Waals surface area contributed by atoms with Crippen molar-refractivity contribution < 1.29 is 4.79 Å². The van der Waals surface area contributed by atoms with Gasteiger partial charge >= 0.3 is 0 Å². The van der Waals surface area contributed by atoms with Crippen molar-refractivity contribution in [2.75, 3.05) is 12.3 Å². The molecular formula is C15H18N4O. The number of nitrogen functional groups attached to an aromatic ring is 1. The lowest BCUT2D eigenvalue weighted by Gasteiger charge is -2.21. The van der Waals surface area contributed by atoms with Gasteiger partial charge in [0.2, 0.25) is 0 Å². The lowest BCUT2D eigenvalue weighted by Crippen LogP contribution is -2.31. The highest BCUT2D eigenvalue weighted by Gasteiger charge is 2.17. The molecule has 20 heavy (non-hydrogen) atoms. The minimum atomic E-state index is -0.124. The van der Waals surface area contributed by atoms with E-state index < -0.39 is 0 Å². The normalized spacial score (nSPS) is 10.3. The Hall–Kier alpha value is -2.43. The van der Waals surface area contributed by atoms with Gasteiger partial charge in [-0.1, -0.05) is 6.07 Å². The molecule has 0 radical (unpaired) electrons. The number of pyridine rings is 2. The standard InChI is InChI=1S/C15H18N4O/c1-3-19(10-12-6-4-5-11(2)18-12)15(20)13-9-17-8-7-14(13)16/h4-9H,3,10H2,1-2H3,(H2,16,17). The summed E-state index contributed by atoms with van der Waals surface area (Å²) in [7, 11) is 0. The van der Waals surface area contributed by atoms with Gasteiger partial charge in [-0.2, -0.15) is 0 Å². The molecule has 0 fully saturated rings. The molecule has 1 amide bonds. The monoisotopic (exact) mass is 270 g/mol. The molecule has 2 aromatic heterocycles. The van der Waals surface area contributed by atoms with Crippen molar-refractivity contribution in [2.24, 2.45) is 0 Å². The molecule has 5 heteroatoms. The van der Waals surface area contributed by atoms with Crippen molar-refractivity contribution in [1.82, 2.24) is 14.9 Å². The van der Waals surface area contributed by atoms with Gasteiger partial charge in [-0.05, 0) is 32.0 Å². The number of rotatable bonds is 4. The molecule has 2 N–H and O–H groups in total. The zero-order valence-electron chi connectivity index (χ0n) is 11.7. The van der Waals surface area contributed by atoms with E-state index >= 15 is 0 Å². The molecule has 5 nitrogen and oxygen atoms in total. The summed E-state index contributed by atoms with van der Waals surface area (Å²) in [5.41, 5.74) is 8.51. The Labute approximate surface area is 118 Å². The Morgan fingerprint density at radius 2 is 2.15 bits per heavy atom. The summed E-state index contributed by atoms with van der Waals surface area (Å²) in [6.07, 6.45) is 3.08. The SMILES string of the molecule is CCN(Cc1cccc(C)n1)C(=O)c1cnccc1N. The van der Waals surface area contributed by atoms with Crippen LogP contribution >= 0.6 is 0 Å². The lowest BCUT2D eigenvalue weighted by molar-refractivity contribution is 0.0751. The first-order chi connectivity index (χ1) is 9.61. The van der Waals surface area contributed by atoms with Crippen molar-refractivity contribution in [3.63, 3.8) is 0 Å². The van der Waals surface area contributed by atoms with Gasteiger partial charge in [0.15, 0.2) is 0 Å². The van der Waals surface area contributed by atoms with E-state index in [9.17, 15) is 4.79 Å². The predicted octanol–water partition coefficient (Wildman–Crippen LogP) is 2.03. The van der Waals surface area contributed by atoms with E-state index in [1.54, 1.807) is 17.2 Å².